The van der Waals surface area contributed by atoms with E-state index >= 15 is 0 Å². The molecule has 0 N–H and O–H groups in total. The number of hydrogen-bond donors (Lipinski definition) is 0. The first-order valence-electron chi connectivity index (χ1n) is 14.5. The van der Waals surface area contributed by atoms with Crippen LogP contribution in [0.4, 0.5) is 0 Å². The van der Waals surface area contributed by atoms with Gasteiger partial charge in [-0.15, -0.1) is 0 Å². The van der Waals surface area contributed by atoms with Crippen molar-refractivity contribution in [2.75, 3.05) is 0 Å². The molecule has 0 atom stereocenters. The van der Waals surface area contributed by atoms with Crippen LogP contribution >= 0.6 is 0 Å². The lowest BCUT2D eigenvalue weighted by Crippen LogP contribution is -1.98. The molecule has 1 aliphatic carbocycles. The van der Waals surface area contributed by atoms with E-state index in [1.54, 1.807) is 0 Å². The minimum absolute atomic E-state index is 0.952. The lowest BCUT2D eigenvalue weighted by atomic mass is 9.98. The molecule has 1 aliphatic rings. The van der Waals surface area contributed by atoms with Gasteiger partial charge in [0, 0.05) is 22.0 Å². The van der Waals surface area contributed by atoms with Gasteiger partial charge in [-0.05, 0) is 62.7 Å². The monoisotopic (exact) mass is 534 g/mol. The smallest absolute Gasteiger partial charge is 0.145 e. The minimum atomic E-state index is 0.952. The van der Waals surface area contributed by atoms with Crippen LogP contribution in [0.25, 0.3) is 71.9 Å². The van der Waals surface area contributed by atoms with Gasteiger partial charge in [0.05, 0.1) is 11.0 Å². The van der Waals surface area contributed by atoms with Crippen LogP contribution in [0.3, 0.4) is 0 Å². The molecule has 0 saturated heterocycles. The predicted molar refractivity (Wildman–Crippen MR) is 175 cm³/mol. The summed E-state index contributed by atoms with van der Waals surface area (Å²) in [6, 6.07) is 52.6. The summed E-state index contributed by atoms with van der Waals surface area (Å²) in [5.74, 6) is 0.952. The molecular weight excluding hydrogens is 508 g/mol. The van der Waals surface area contributed by atoms with Crippen molar-refractivity contribution in [3.05, 3.63) is 157 Å². The Balaban J connectivity index is 1.23. The molecule has 0 aliphatic heterocycles. The summed E-state index contributed by atoms with van der Waals surface area (Å²) in [5, 5.41) is 4.87. The van der Waals surface area contributed by atoms with Gasteiger partial charge in [-0.25, -0.2) is 4.98 Å². The molecule has 0 radical (unpaired) electrons. The van der Waals surface area contributed by atoms with Gasteiger partial charge >= 0.3 is 0 Å². The van der Waals surface area contributed by atoms with E-state index < -0.39 is 0 Å². The van der Waals surface area contributed by atoms with E-state index in [0.29, 0.717) is 0 Å². The van der Waals surface area contributed by atoms with Crippen LogP contribution in [0.15, 0.2) is 146 Å². The zero-order chi connectivity index (χ0) is 27.6. The summed E-state index contributed by atoms with van der Waals surface area (Å²) in [7, 11) is 0. The Bertz CT molecular complexity index is 2310. The molecule has 0 fully saturated rings. The van der Waals surface area contributed by atoms with E-state index in [2.05, 4.69) is 150 Å². The van der Waals surface area contributed by atoms with Gasteiger partial charge in [0.25, 0.3) is 0 Å². The third-order valence-corrected chi connectivity index (χ3v) is 8.82. The molecular formula is C40H26N2. The van der Waals surface area contributed by atoms with Crippen molar-refractivity contribution in [3.8, 4) is 39.3 Å². The SMILES string of the molecule is c1ccc(-n2c(-c3ccc(-c4ccc5c(c4)Cc4ccccc4-5)cc3)nc3c4ccccc4c4ccccc4c32)cc1. The van der Waals surface area contributed by atoms with E-state index in [-0.39, 0.29) is 0 Å². The molecule has 8 aromatic rings. The Kier molecular flexibility index (Phi) is 4.99. The van der Waals surface area contributed by atoms with Crippen LogP contribution in [-0.4, -0.2) is 9.55 Å². The highest BCUT2D eigenvalue weighted by molar-refractivity contribution is 6.24. The number of hydrogen-bond acceptors (Lipinski definition) is 1. The van der Waals surface area contributed by atoms with Crippen LogP contribution in [0, 0.1) is 0 Å². The third-order valence-electron chi connectivity index (χ3n) is 8.82. The summed E-state index contributed by atoms with van der Waals surface area (Å²) in [4.78, 5) is 5.37. The average molecular weight is 535 g/mol. The highest BCUT2D eigenvalue weighted by Crippen LogP contribution is 2.41. The second-order valence-electron chi connectivity index (χ2n) is 11.2. The Hall–Kier alpha value is -5.47. The van der Waals surface area contributed by atoms with Crippen molar-refractivity contribution in [1.82, 2.24) is 9.55 Å². The van der Waals surface area contributed by atoms with E-state index in [9.17, 15) is 0 Å². The molecule has 0 bridgehead atoms. The van der Waals surface area contributed by atoms with Crippen molar-refractivity contribution in [3.63, 3.8) is 0 Å². The molecule has 42 heavy (non-hydrogen) atoms. The largest absolute Gasteiger partial charge is 0.292 e. The van der Waals surface area contributed by atoms with Crippen molar-refractivity contribution in [2.24, 2.45) is 0 Å². The number of para-hydroxylation sites is 1. The van der Waals surface area contributed by atoms with Crippen molar-refractivity contribution >= 4 is 32.6 Å². The van der Waals surface area contributed by atoms with Gasteiger partial charge < -0.3 is 0 Å². The second-order valence-corrected chi connectivity index (χ2v) is 11.2. The molecule has 7 aromatic carbocycles. The Labute approximate surface area is 244 Å². The van der Waals surface area contributed by atoms with Gasteiger partial charge in [0.2, 0.25) is 0 Å². The van der Waals surface area contributed by atoms with E-state index in [1.165, 1.54) is 54.9 Å². The number of fused-ring (bicyclic) bond motifs is 9. The summed E-state index contributed by atoms with van der Waals surface area (Å²) >= 11 is 0. The lowest BCUT2D eigenvalue weighted by Gasteiger charge is -2.13. The van der Waals surface area contributed by atoms with Crippen LogP contribution in [0.1, 0.15) is 11.1 Å². The molecule has 1 aromatic heterocycles. The first kappa shape index (κ1) is 23.3. The zero-order valence-electron chi connectivity index (χ0n) is 23.0. The maximum absolute atomic E-state index is 5.37. The van der Waals surface area contributed by atoms with Gasteiger partial charge in [0.1, 0.15) is 5.82 Å². The van der Waals surface area contributed by atoms with Crippen LogP contribution in [0.5, 0.6) is 0 Å². The quantitative estimate of drug-likeness (QED) is 0.206. The fourth-order valence-electron chi connectivity index (χ4n) is 6.86. The number of aromatic nitrogens is 2. The Morgan fingerprint density at radius 3 is 1.86 bits per heavy atom. The minimum Gasteiger partial charge on any atom is -0.292 e. The number of benzene rings is 7. The first-order chi connectivity index (χ1) is 20.8. The Morgan fingerprint density at radius 2 is 1.05 bits per heavy atom. The summed E-state index contributed by atoms with van der Waals surface area (Å²) in [5.41, 5.74) is 12.4. The average Bonchev–Trinajstić information content (AvgIpc) is 3.65. The van der Waals surface area contributed by atoms with Crippen LogP contribution in [0.2, 0.25) is 0 Å². The molecule has 0 saturated carbocycles. The number of imidazole rings is 1. The van der Waals surface area contributed by atoms with Crippen LogP contribution < -0.4 is 0 Å². The van der Waals surface area contributed by atoms with E-state index in [1.807, 2.05) is 0 Å². The summed E-state index contributed by atoms with van der Waals surface area (Å²) < 4.78 is 2.34. The zero-order valence-corrected chi connectivity index (χ0v) is 23.0. The van der Waals surface area contributed by atoms with Gasteiger partial charge in [-0.1, -0.05) is 133 Å². The van der Waals surface area contributed by atoms with Crippen molar-refractivity contribution < 1.29 is 0 Å². The van der Waals surface area contributed by atoms with Crippen molar-refractivity contribution in [1.29, 1.82) is 0 Å². The van der Waals surface area contributed by atoms with E-state index in [0.717, 1.165) is 34.5 Å². The Morgan fingerprint density at radius 1 is 0.452 bits per heavy atom. The van der Waals surface area contributed by atoms with Gasteiger partial charge in [-0.3, -0.25) is 4.57 Å². The van der Waals surface area contributed by atoms with Gasteiger partial charge in [-0.2, -0.15) is 0 Å². The summed E-state index contributed by atoms with van der Waals surface area (Å²) in [6.45, 7) is 0. The molecule has 0 amide bonds. The molecule has 196 valence electrons. The highest BCUT2D eigenvalue weighted by Gasteiger charge is 2.21. The fourth-order valence-corrected chi connectivity index (χ4v) is 6.86. The maximum Gasteiger partial charge on any atom is 0.145 e. The molecule has 1 heterocycles. The molecule has 0 spiro atoms. The topological polar surface area (TPSA) is 17.8 Å². The number of nitrogens with zero attached hydrogens (tertiary/aromatic N) is 2. The molecule has 2 nitrogen and oxygen atoms in total. The van der Waals surface area contributed by atoms with Gasteiger partial charge in [0.15, 0.2) is 0 Å². The maximum atomic E-state index is 5.37. The predicted octanol–water partition coefficient (Wildman–Crippen LogP) is 10.2. The standard InChI is InChI=1S/C40H26N2/c1-2-11-31(12-3-1)42-39-37-17-9-7-15-35(37)34-14-6-8-16-36(34)38(39)41-40(42)27-20-18-26(19-21-27)28-22-23-33-30(24-28)25-29-10-4-5-13-32(29)33/h1-24H,25H2. The normalized spacial score (nSPS) is 12.2. The molecule has 2 heteroatoms. The molecule has 9 rings (SSSR count). The second kappa shape index (κ2) is 9.02. The van der Waals surface area contributed by atoms with E-state index in [4.69, 9.17) is 4.98 Å². The van der Waals surface area contributed by atoms with Crippen molar-refractivity contribution in [2.45, 2.75) is 6.42 Å². The first-order valence-corrected chi connectivity index (χ1v) is 14.5. The third kappa shape index (κ3) is 3.42. The van der Waals surface area contributed by atoms with Crippen LogP contribution in [-0.2, 0) is 6.42 Å². The lowest BCUT2D eigenvalue weighted by molar-refractivity contribution is 1.11. The summed E-state index contributed by atoms with van der Waals surface area (Å²) in [6.07, 6.45) is 1.00. The fraction of sp³-hybridized carbons (Fsp3) is 0.0250. The highest BCUT2D eigenvalue weighted by atomic mass is 15.1. The number of rotatable bonds is 3. The molecule has 0 unspecified atom stereocenters.